The summed E-state index contributed by atoms with van der Waals surface area (Å²) in [5, 5.41) is 9.69. The highest BCUT2D eigenvalue weighted by Crippen LogP contribution is 2.29. The molecule has 0 unspecified atom stereocenters. The SMILES string of the molecule is COc1ccc(CSc2ccc(C)cc2)cc1O. The Kier molecular flexibility index (Phi) is 4.15. The largest absolute Gasteiger partial charge is 0.504 e. The van der Waals surface area contributed by atoms with Crippen LogP contribution in [0.15, 0.2) is 47.4 Å². The Hall–Kier alpha value is -1.61. The quantitative estimate of drug-likeness (QED) is 0.842. The van der Waals surface area contributed by atoms with Crippen molar-refractivity contribution in [2.75, 3.05) is 7.11 Å². The van der Waals surface area contributed by atoms with Gasteiger partial charge in [-0.25, -0.2) is 0 Å². The smallest absolute Gasteiger partial charge is 0.160 e. The van der Waals surface area contributed by atoms with Crippen molar-refractivity contribution in [3.8, 4) is 11.5 Å². The number of phenols is 1. The third kappa shape index (κ3) is 3.20. The van der Waals surface area contributed by atoms with Gasteiger partial charge in [-0.2, -0.15) is 0 Å². The topological polar surface area (TPSA) is 29.5 Å². The Bertz CT molecular complexity index is 521. The first-order valence-electron chi connectivity index (χ1n) is 5.74. The predicted molar refractivity (Wildman–Crippen MR) is 75.4 cm³/mol. The van der Waals surface area contributed by atoms with Gasteiger partial charge in [-0.3, -0.25) is 0 Å². The first-order chi connectivity index (χ1) is 8.69. The lowest BCUT2D eigenvalue weighted by Crippen LogP contribution is -1.86. The molecule has 0 aliphatic carbocycles. The van der Waals surface area contributed by atoms with E-state index in [1.807, 2.05) is 6.07 Å². The van der Waals surface area contributed by atoms with Gasteiger partial charge in [0.25, 0.3) is 0 Å². The number of hydrogen-bond donors (Lipinski definition) is 1. The molecular weight excluding hydrogens is 244 g/mol. The molecule has 2 rings (SSSR count). The molecule has 0 saturated carbocycles. The average molecular weight is 260 g/mol. The van der Waals surface area contributed by atoms with E-state index < -0.39 is 0 Å². The normalized spacial score (nSPS) is 10.3. The minimum Gasteiger partial charge on any atom is -0.504 e. The number of ether oxygens (including phenoxy) is 1. The Morgan fingerprint density at radius 1 is 1.11 bits per heavy atom. The summed E-state index contributed by atoms with van der Waals surface area (Å²) in [5.74, 6) is 1.54. The van der Waals surface area contributed by atoms with Crippen molar-refractivity contribution in [1.82, 2.24) is 0 Å². The first-order valence-corrected chi connectivity index (χ1v) is 6.73. The van der Waals surface area contributed by atoms with Crippen LogP contribution in [0.25, 0.3) is 0 Å². The van der Waals surface area contributed by atoms with Gasteiger partial charge in [0.1, 0.15) is 0 Å². The highest BCUT2D eigenvalue weighted by molar-refractivity contribution is 7.98. The summed E-state index contributed by atoms with van der Waals surface area (Å²) in [6.07, 6.45) is 0. The van der Waals surface area contributed by atoms with Crippen molar-refractivity contribution in [2.45, 2.75) is 17.6 Å². The highest BCUT2D eigenvalue weighted by atomic mass is 32.2. The number of aryl methyl sites for hydroxylation is 1. The molecular formula is C15H16O2S. The van der Waals surface area contributed by atoms with Gasteiger partial charge < -0.3 is 9.84 Å². The van der Waals surface area contributed by atoms with Crippen molar-refractivity contribution in [2.24, 2.45) is 0 Å². The number of rotatable bonds is 4. The summed E-state index contributed by atoms with van der Waals surface area (Å²) >= 11 is 1.75. The average Bonchev–Trinajstić information content (AvgIpc) is 2.38. The van der Waals surface area contributed by atoms with Crippen LogP contribution in [0, 0.1) is 6.92 Å². The van der Waals surface area contributed by atoms with Crippen LogP contribution < -0.4 is 4.74 Å². The maximum atomic E-state index is 9.69. The van der Waals surface area contributed by atoms with Crippen LogP contribution in [-0.2, 0) is 5.75 Å². The molecule has 0 aliphatic heterocycles. The molecule has 2 aromatic carbocycles. The van der Waals surface area contributed by atoms with E-state index >= 15 is 0 Å². The highest BCUT2D eigenvalue weighted by Gasteiger charge is 2.03. The summed E-state index contributed by atoms with van der Waals surface area (Å²) in [6.45, 7) is 2.08. The van der Waals surface area contributed by atoms with E-state index in [1.54, 1.807) is 31.0 Å². The molecule has 0 bridgehead atoms. The lowest BCUT2D eigenvalue weighted by atomic mass is 10.2. The Balaban J connectivity index is 2.02. The van der Waals surface area contributed by atoms with Crippen molar-refractivity contribution in [3.63, 3.8) is 0 Å². The van der Waals surface area contributed by atoms with Crippen LogP contribution in [0.2, 0.25) is 0 Å². The molecule has 0 radical (unpaired) electrons. The van der Waals surface area contributed by atoms with Gasteiger partial charge in [0.05, 0.1) is 7.11 Å². The van der Waals surface area contributed by atoms with Crippen molar-refractivity contribution < 1.29 is 9.84 Å². The summed E-state index contributed by atoms with van der Waals surface area (Å²) in [5.41, 5.74) is 2.35. The number of hydrogen-bond acceptors (Lipinski definition) is 3. The molecule has 0 spiro atoms. The number of phenolic OH excluding ortho intramolecular Hbond substituents is 1. The van der Waals surface area contributed by atoms with E-state index in [0.717, 1.165) is 11.3 Å². The van der Waals surface area contributed by atoms with E-state index in [9.17, 15) is 5.11 Å². The fraction of sp³-hybridized carbons (Fsp3) is 0.200. The molecule has 2 aromatic rings. The van der Waals surface area contributed by atoms with Crippen LogP contribution in [0.5, 0.6) is 11.5 Å². The molecule has 0 aromatic heterocycles. The second kappa shape index (κ2) is 5.83. The fourth-order valence-electron chi connectivity index (χ4n) is 1.63. The van der Waals surface area contributed by atoms with Crippen molar-refractivity contribution >= 4 is 11.8 Å². The van der Waals surface area contributed by atoms with Crippen LogP contribution >= 0.6 is 11.8 Å². The Labute approximate surface area is 112 Å². The summed E-state index contributed by atoms with van der Waals surface area (Å²) in [4.78, 5) is 1.23. The summed E-state index contributed by atoms with van der Waals surface area (Å²) in [7, 11) is 1.55. The molecule has 94 valence electrons. The third-order valence-corrected chi connectivity index (χ3v) is 3.75. The zero-order chi connectivity index (χ0) is 13.0. The van der Waals surface area contributed by atoms with Crippen molar-refractivity contribution in [3.05, 3.63) is 53.6 Å². The minimum atomic E-state index is 0.194. The van der Waals surface area contributed by atoms with Gasteiger partial charge in [0.2, 0.25) is 0 Å². The minimum absolute atomic E-state index is 0.194. The number of aromatic hydroxyl groups is 1. The second-order valence-electron chi connectivity index (χ2n) is 4.11. The first kappa shape index (κ1) is 12.8. The number of thioether (sulfide) groups is 1. The Morgan fingerprint density at radius 2 is 1.83 bits per heavy atom. The van der Waals surface area contributed by atoms with Gasteiger partial charge in [0.15, 0.2) is 11.5 Å². The molecule has 0 amide bonds. The maximum absolute atomic E-state index is 9.69. The van der Waals surface area contributed by atoms with Crippen LogP contribution in [0.1, 0.15) is 11.1 Å². The third-order valence-electron chi connectivity index (χ3n) is 2.67. The molecule has 0 saturated heterocycles. The van der Waals surface area contributed by atoms with Gasteiger partial charge in [-0.1, -0.05) is 23.8 Å². The maximum Gasteiger partial charge on any atom is 0.160 e. The molecule has 2 nitrogen and oxygen atoms in total. The van der Waals surface area contributed by atoms with Crippen LogP contribution in [0.4, 0.5) is 0 Å². The summed E-state index contributed by atoms with van der Waals surface area (Å²) < 4.78 is 5.02. The predicted octanol–water partition coefficient (Wildman–Crippen LogP) is 4.00. The molecule has 0 fully saturated rings. The van der Waals surface area contributed by atoms with Crippen LogP contribution in [0.3, 0.4) is 0 Å². The second-order valence-corrected chi connectivity index (χ2v) is 5.16. The van der Waals surface area contributed by atoms with E-state index in [4.69, 9.17) is 4.74 Å². The van der Waals surface area contributed by atoms with Gasteiger partial charge in [0, 0.05) is 10.6 Å². The lowest BCUT2D eigenvalue weighted by molar-refractivity contribution is 0.373. The zero-order valence-electron chi connectivity index (χ0n) is 10.5. The molecule has 18 heavy (non-hydrogen) atoms. The standard InChI is InChI=1S/C15H16O2S/c1-11-3-6-13(7-4-11)18-10-12-5-8-15(17-2)14(16)9-12/h3-9,16H,10H2,1-2H3. The van der Waals surface area contributed by atoms with Gasteiger partial charge in [-0.05, 0) is 36.8 Å². The van der Waals surface area contributed by atoms with Crippen LogP contribution in [-0.4, -0.2) is 12.2 Å². The zero-order valence-corrected chi connectivity index (χ0v) is 11.3. The van der Waals surface area contributed by atoms with Gasteiger partial charge >= 0.3 is 0 Å². The fourth-order valence-corrected chi connectivity index (χ4v) is 2.47. The van der Waals surface area contributed by atoms with E-state index in [1.165, 1.54) is 10.5 Å². The van der Waals surface area contributed by atoms with E-state index in [-0.39, 0.29) is 5.75 Å². The molecule has 1 N–H and O–H groups in total. The molecule has 0 atom stereocenters. The Morgan fingerprint density at radius 3 is 2.44 bits per heavy atom. The molecule has 3 heteroatoms. The van der Waals surface area contributed by atoms with E-state index in [0.29, 0.717) is 5.75 Å². The lowest BCUT2D eigenvalue weighted by Gasteiger charge is -2.06. The van der Waals surface area contributed by atoms with E-state index in [2.05, 4.69) is 31.2 Å². The molecule has 0 heterocycles. The number of benzene rings is 2. The summed E-state index contributed by atoms with van der Waals surface area (Å²) in [6, 6.07) is 14.0. The monoisotopic (exact) mass is 260 g/mol. The molecule has 0 aliphatic rings. The van der Waals surface area contributed by atoms with Crippen molar-refractivity contribution in [1.29, 1.82) is 0 Å². The number of methoxy groups -OCH3 is 1. The van der Waals surface area contributed by atoms with Gasteiger partial charge in [-0.15, -0.1) is 11.8 Å².